The van der Waals surface area contributed by atoms with Crippen molar-refractivity contribution in [1.29, 1.82) is 0 Å². The number of thioether (sulfide) groups is 1. The molecule has 0 saturated heterocycles. The summed E-state index contributed by atoms with van der Waals surface area (Å²) in [6.07, 6.45) is 2.03. The molecule has 10 heteroatoms. The van der Waals surface area contributed by atoms with Gasteiger partial charge in [0.1, 0.15) is 5.75 Å². The van der Waals surface area contributed by atoms with Gasteiger partial charge in [0.05, 0.1) is 18.1 Å². The zero-order chi connectivity index (χ0) is 26.0. The number of hydrogen-bond donors (Lipinski definition) is 1. The second-order valence-electron chi connectivity index (χ2n) is 8.19. The summed E-state index contributed by atoms with van der Waals surface area (Å²) in [4.78, 5) is 23.4. The Kier molecular flexibility index (Phi) is 8.88. The smallest absolute Gasteiger partial charge is 0.269 e. The third-order valence-electron chi connectivity index (χ3n) is 5.52. The molecule has 9 nitrogen and oxygen atoms in total. The predicted molar refractivity (Wildman–Crippen MR) is 142 cm³/mol. The molecule has 190 valence electrons. The van der Waals surface area contributed by atoms with Crippen LogP contribution >= 0.6 is 11.8 Å². The summed E-state index contributed by atoms with van der Waals surface area (Å²) in [5, 5.41) is 23.3. The van der Waals surface area contributed by atoms with Gasteiger partial charge in [-0.3, -0.25) is 19.5 Å². The summed E-state index contributed by atoms with van der Waals surface area (Å²) in [5.74, 6) is 1.66. The molecule has 0 unspecified atom stereocenters. The van der Waals surface area contributed by atoms with Crippen LogP contribution < -0.4 is 10.1 Å². The fourth-order valence-corrected chi connectivity index (χ4v) is 4.44. The van der Waals surface area contributed by atoms with Crippen molar-refractivity contribution in [3.63, 3.8) is 0 Å². The van der Waals surface area contributed by atoms with E-state index in [1.165, 1.54) is 23.9 Å². The van der Waals surface area contributed by atoms with Crippen molar-refractivity contribution in [2.24, 2.45) is 0 Å². The van der Waals surface area contributed by atoms with E-state index in [0.717, 1.165) is 24.2 Å². The van der Waals surface area contributed by atoms with Gasteiger partial charge in [-0.05, 0) is 48.4 Å². The number of carbonyl (C=O) groups excluding carboxylic acids is 1. The molecule has 0 bridgehead atoms. The minimum atomic E-state index is -0.442. The van der Waals surface area contributed by atoms with E-state index in [9.17, 15) is 14.9 Å². The van der Waals surface area contributed by atoms with Crippen molar-refractivity contribution >= 4 is 23.4 Å². The average molecular weight is 518 g/mol. The molecule has 1 heterocycles. The van der Waals surface area contributed by atoms with Crippen LogP contribution in [0.1, 0.15) is 41.5 Å². The van der Waals surface area contributed by atoms with E-state index >= 15 is 0 Å². The van der Waals surface area contributed by atoms with E-state index < -0.39 is 4.92 Å². The lowest BCUT2D eigenvalue weighted by atomic mass is 10.2. The molecule has 0 aliphatic rings. The van der Waals surface area contributed by atoms with E-state index in [0.29, 0.717) is 34.6 Å². The van der Waals surface area contributed by atoms with E-state index in [2.05, 4.69) is 22.4 Å². The fourth-order valence-electron chi connectivity index (χ4n) is 3.51. The van der Waals surface area contributed by atoms with Gasteiger partial charge in [-0.1, -0.05) is 55.4 Å². The lowest BCUT2D eigenvalue weighted by molar-refractivity contribution is -0.384. The molecular formula is C27H27N5O4S. The zero-order valence-electron chi connectivity index (χ0n) is 20.4. The highest BCUT2D eigenvalue weighted by molar-refractivity contribution is 7.98. The summed E-state index contributed by atoms with van der Waals surface area (Å²) in [7, 11) is 0. The molecule has 4 rings (SSSR count). The van der Waals surface area contributed by atoms with E-state index in [1.807, 2.05) is 34.9 Å². The number of carbonyl (C=O) groups is 1. The first-order valence-electron chi connectivity index (χ1n) is 11.9. The molecule has 0 aliphatic carbocycles. The molecule has 0 aliphatic heterocycles. The number of hydrogen-bond acceptors (Lipinski definition) is 7. The molecule has 1 N–H and O–H groups in total. The van der Waals surface area contributed by atoms with Crippen molar-refractivity contribution < 1.29 is 14.5 Å². The predicted octanol–water partition coefficient (Wildman–Crippen LogP) is 5.58. The number of non-ortho nitro benzene ring substituents is 1. The van der Waals surface area contributed by atoms with Crippen molar-refractivity contribution in [2.75, 3.05) is 6.61 Å². The first-order chi connectivity index (χ1) is 18.0. The number of nitrogens with zero attached hydrogens (tertiary/aromatic N) is 4. The van der Waals surface area contributed by atoms with Gasteiger partial charge >= 0.3 is 0 Å². The highest BCUT2D eigenvalue weighted by Gasteiger charge is 2.17. The monoisotopic (exact) mass is 517 g/mol. The number of ether oxygens (including phenoxy) is 1. The van der Waals surface area contributed by atoms with Crippen LogP contribution in [0.15, 0.2) is 84.0 Å². The Bertz CT molecular complexity index is 1330. The number of nitro benzene ring substituents is 1. The highest BCUT2D eigenvalue weighted by Crippen LogP contribution is 2.26. The molecule has 0 fully saturated rings. The second kappa shape index (κ2) is 12.7. The number of rotatable bonds is 12. The van der Waals surface area contributed by atoms with Gasteiger partial charge in [-0.15, -0.1) is 10.2 Å². The van der Waals surface area contributed by atoms with Crippen LogP contribution in [-0.2, 0) is 12.3 Å². The van der Waals surface area contributed by atoms with Crippen LogP contribution in [0.25, 0.3) is 5.69 Å². The lowest BCUT2D eigenvalue weighted by Crippen LogP contribution is -2.24. The topological polar surface area (TPSA) is 112 Å². The Labute approximate surface area is 219 Å². The van der Waals surface area contributed by atoms with Crippen molar-refractivity contribution in [3.05, 3.63) is 106 Å². The first kappa shape index (κ1) is 25.9. The van der Waals surface area contributed by atoms with Crippen LogP contribution in [-0.4, -0.2) is 32.2 Å². The molecule has 4 aromatic rings. The molecule has 0 radical (unpaired) electrons. The van der Waals surface area contributed by atoms with Gasteiger partial charge < -0.3 is 10.1 Å². The van der Waals surface area contributed by atoms with Crippen LogP contribution in [0.3, 0.4) is 0 Å². The maximum atomic E-state index is 12.8. The molecule has 0 spiro atoms. The van der Waals surface area contributed by atoms with Gasteiger partial charge in [-0.2, -0.15) is 0 Å². The lowest BCUT2D eigenvalue weighted by Gasteiger charge is -2.11. The van der Waals surface area contributed by atoms with Gasteiger partial charge in [0, 0.05) is 29.1 Å². The number of amides is 1. The standard InChI is InChI=1S/C27H27N5O4S/c1-2-3-17-36-24-15-9-21(10-16-24)26(33)28-18-25-29-30-27(37-19-20-7-5-4-6-8-20)31(25)22-11-13-23(14-12-22)32(34)35/h4-16H,2-3,17-19H2,1H3,(H,28,33). The van der Waals surface area contributed by atoms with Gasteiger partial charge in [0.25, 0.3) is 11.6 Å². The van der Waals surface area contributed by atoms with Crippen LogP contribution in [0.4, 0.5) is 5.69 Å². The highest BCUT2D eigenvalue weighted by atomic mass is 32.2. The quantitative estimate of drug-likeness (QED) is 0.113. The Morgan fingerprint density at radius 2 is 1.76 bits per heavy atom. The summed E-state index contributed by atoms with van der Waals surface area (Å²) in [6.45, 7) is 2.87. The largest absolute Gasteiger partial charge is 0.494 e. The van der Waals surface area contributed by atoms with E-state index in [4.69, 9.17) is 4.74 Å². The number of nitrogens with one attached hydrogen (secondary N) is 1. The molecule has 0 saturated carbocycles. The summed E-state index contributed by atoms with van der Waals surface area (Å²) < 4.78 is 7.47. The van der Waals surface area contributed by atoms with E-state index in [1.54, 1.807) is 36.4 Å². The number of nitro groups is 1. The molecule has 1 aromatic heterocycles. The second-order valence-corrected chi connectivity index (χ2v) is 9.13. The Morgan fingerprint density at radius 1 is 1.03 bits per heavy atom. The summed E-state index contributed by atoms with van der Waals surface area (Å²) >= 11 is 1.50. The SMILES string of the molecule is CCCCOc1ccc(C(=O)NCc2nnc(SCc3ccccc3)n2-c2ccc([N+](=O)[O-])cc2)cc1. The molecule has 1 amide bonds. The average Bonchev–Trinajstić information content (AvgIpc) is 3.34. The molecule has 0 atom stereocenters. The maximum Gasteiger partial charge on any atom is 0.269 e. The summed E-state index contributed by atoms with van der Waals surface area (Å²) in [6, 6.07) is 23.1. The van der Waals surface area contributed by atoms with Gasteiger partial charge in [0.15, 0.2) is 11.0 Å². The third kappa shape index (κ3) is 6.95. The fraction of sp³-hybridized carbons (Fsp3) is 0.222. The van der Waals surface area contributed by atoms with Crippen molar-refractivity contribution in [1.82, 2.24) is 20.1 Å². The zero-order valence-corrected chi connectivity index (χ0v) is 21.2. The normalized spacial score (nSPS) is 10.7. The Morgan fingerprint density at radius 3 is 2.43 bits per heavy atom. The van der Waals surface area contributed by atoms with Gasteiger partial charge in [0.2, 0.25) is 0 Å². The van der Waals surface area contributed by atoms with Crippen LogP contribution in [0.5, 0.6) is 5.75 Å². The van der Waals surface area contributed by atoms with Gasteiger partial charge in [-0.25, -0.2) is 0 Å². The van der Waals surface area contributed by atoms with Crippen molar-refractivity contribution in [2.45, 2.75) is 37.2 Å². The van der Waals surface area contributed by atoms with Crippen molar-refractivity contribution in [3.8, 4) is 11.4 Å². The minimum Gasteiger partial charge on any atom is -0.494 e. The Hall–Kier alpha value is -4.18. The molecule has 37 heavy (non-hydrogen) atoms. The van der Waals surface area contributed by atoms with Crippen LogP contribution in [0.2, 0.25) is 0 Å². The minimum absolute atomic E-state index is 0.00714. The number of unbranched alkanes of at least 4 members (excludes halogenated alkanes) is 1. The number of benzene rings is 3. The van der Waals surface area contributed by atoms with E-state index in [-0.39, 0.29) is 18.1 Å². The molecule has 3 aromatic carbocycles. The Balaban J connectivity index is 1.50. The van der Waals surface area contributed by atoms with Crippen LogP contribution in [0, 0.1) is 10.1 Å². The third-order valence-corrected chi connectivity index (χ3v) is 6.52. The maximum absolute atomic E-state index is 12.8. The number of aromatic nitrogens is 3. The summed E-state index contributed by atoms with van der Waals surface area (Å²) in [5.41, 5.74) is 2.29. The molecular weight excluding hydrogens is 490 g/mol. The first-order valence-corrected chi connectivity index (χ1v) is 12.9.